The SMILES string of the molecule is CCCCC(C)CC(=O)c1ccco1. The Balaban J connectivity index is 2.34. The lowest BCUT2D eigenvalue weighted by Gasteiger charge is -2.07. The molecule has 0 radical (unpaired) electrons. The van der Waals surface area contributed by atoms with Gasteiger partial charge in [0, 0.05) is 6.42 Å². The first-order chi connectivity index (χ1) is 6.74. The Labute approximate surface area is 85.3 Å². The Morgan fingerprint density at radius 1 is 1.57 bits per heavy atom. The molecule has 0 saturated carbocycles. The number of hydrogen-bond donors (Lipinski definition) is 0. The molecular formula is C12H18O2. The molecule has 14 heavy (non-hydrogen) atoms. The van der Waals surface area contributed by atoms with Crippen LogP contribution in [0.3, 0.4) is 0 Å². The second-order valence-corrected chi connectivity index (χ2v) is 3.85. The third kappa shape index (κ3) is 3.36. The van der Waals surface area contributed by atoms with E-state index < -0.39 is 0 Å². The van der Waals surface area contributed by atoms with E-state index in [4.69, 9.17) is 4.42 Å². The molecule has 0 spiro atoms. The summed E-state index contributed by atoms with van der Waals surface area (Å²) in [5.41, 5.74) is 0. The number of Topliss-reactive ketones (excluding diaryl/α,β-unsaturated/α-hetero) is 1. The van der Waals surface area contributed by atoms with Crippen molar-refractivity contribution in [1.82, 2.24) is 0 Å². The maximum absolute atomic E-state index is 11.6. The van der Waals surface area contributed by atoms with Crippen LogP contribution in [-0.2, 0) is 0 Å². The Hall–Kier alpha value is -1.05. The van der Waals surface area contributed by atoms with Crippen LogP contribution in [0.25, 0.3) is 0 Å². The second-order valence-electron chi connectivity index (χ2n) is 3.85. The van der Waals surface area contributed by atoms with E-state index in [1.807, 2.05) is 0 Å². The first kappa shape index (κ1) is 11.0. The summed E-state index contributed by atoms with van der Waals surface area (Å²) in [7, 11) is 0. The summed E-state index contributed by atoms with van der Waals surface area (Å²) in [6.45, 7) is 4.29. The number of hydrogen-bond acceptors (Lipinski definition) is 2. The third-order valence-electron chi connectivity index (χ3n) is 2.38. The van der Waals surface area contributed by atoms with E-state index in [0.717, 1.165) is 6.42 Å². The third-order valence-corrected chi connectivity index (χ3v) is 2.38. The predicted octanol–water partition coefficient (Wildman–Crippen LogP) is 3.68. The first-order valence-electron chi connectivity index (χ1n) is 5.30. The number of unbranched alkanes of at least 4 members (excludes halogenated alkanes) is 1. The van der Waals surface area contributed by atoms with Gasteiger partial charge in [-0.15, -0.1) is 0 Å². The molecule has 0 aliphatic rings. The van der Waals surface area contributed by atoms with Crippen LogP contribution in [0.4, 0.5) is 0 Å². The quantitative estimate of drug-likeness (QED) is 0.647. The number of furan rings is 1. The average Bonchev–Trinajstić information content (AvgIpc) is 2.67. The zero-order chi connectivity index (χ0) is 10.4. The van der Waals surface area contributed by atoms with Gasteiger partial charge in [0.25, 0.3) is 0 Å². The summed E-state index contributed by atoms with van der Waals surface area (Å²) >= 11 is 0. The van der Waals surface area contributed by atoms with Crippen molar-refractivity contribution in [2.24, 2.45) is 5.92 Å². The van der Waals surface area contributed by atoms with Gasteiger partial charge in [-0.25, -0.2) is 0 Å². The van der Waals surface area contributed by atoms with Crippen LogP contribution in [0.15, 0.2) is 22.8 Å². The summed E-state index contributed by atoms with van der Waals surface area (Å²) in [5.74, 6) is 1.08. The molecule has 1 heterocycles. The lowest BCUT2D eigenvalue weighted by Crippen LogP contribution is -2.05. The summed E-state index contributed by atoms with van der Waals surface area (Å²) in [4.78, 5) is 11.6. The molecule has 1 aromatic rings. The number of carbonyl (C=O) groups is 1. The van der Waals surface area contributed by atoms with E-state index in [9.17, 15) is 4.79 Å². The zero-order valence-corrected chi connectivity index (χ0v) is 8.95. The van der Waals surface area contributed by atoms with Crippen LogP contribution in [0.2, 0.25) is 0 Å². The van der Waals surface area contributed by atoms with Crippen LogP contribution in [0, 0.1) is 5.92 Å². The molecular weight excluding hydrogens is 176 g/mol. The Morgan fingerprint density at radius 3 is 2.93 bits per heavy atom. The molecule has 2 nitrogen and oxygen atoms in total. The summed E-state index contributed by atoms with van der Waals surface area (Å²) in [5, 5.41) is 0. The fourth-order valence-electron chi connectivity index (χ4n) is 1.51. The minimum atomic E-state index is 0.124. The highest BCUT2D eigenvalue weighted by Crippen LogP contribution is 2.15. The molecule has 1 unspecified atom stereocenters. The molecule has 1 atom stereocenters. The lowest BCUT2D eigenvalue weighted by atomic mass is 9.97. The van der Waals surface area contributed by atoms with Crippen molar-refractivity contribution in [3.05, 3.63) is 24.2 Å². The Kier molecular flexibility index (Phi) is 4.44. The van der Waals surface area contributed by atoms with Crippen molar-refractivity contribution in [2.45, 2.75) is 39.5 Å². The van der Waals surface area contributed by atoms with Crippen molar-refractivity contribution in [2.75, 3.05) is 0 Å². The van der Waals surface area contributed by atoms with Crippen molar-refractivity contribution in [3.63, 3.8) is 0 Å². The fraction of sp³-hybridized carbons (Fsp3) is 0.583. The minimum Gasteiger partial charge on any atom is -0.461 e. The normalized spacial score (nSPS) is 12.7. The van der Waals surface area contributed by atoms with Crippen LogP contribution in [0.5, 0.6) is 0 Å². The molecule has 0 amide bonds. The van der Waals surface area contributed by atoms with Gasteiger partial charge in [-0.2, -0.15) is 0 Å². The molecule has 0 aliphatic carbocycles. The van der Waals surface area contributed by atoms with E-state index in [2.05, 4.69) is 13.8 Å². The predicted molar refractivity (Wildman–Crippen MR) is 56.3 cm³/mol. The summed E-state index contributed by atoms with van der Waals surface area (Å²) in [6, 6.07) is 3.48. The number of ketones is 1. The summed E-state index contributed by atoms with van der Waals surface area (Å²) in [6.07, 6.45) is 5.67. The van der Waals surface area contributed by atoms with E-state index in [0.29, 0.717) is 18.1 Å². The van der Waals surface area contributed by atoms with Crippen LogP contribution < -0.4 is 0 Å². The van der Waals surface area contributed by atoms with Gasteiger partial charge in [0.2, 0.25) is 0 Å². The van der Waals surface area contributed by atoms with Crippen molar-refractivity contribution in [3.8, 4) is 0 Å². The minimum absolute atomic E-state index is 0.124. The van der Waals surface area contributed by atoms with Crippen LogP contribution >= 0.6 is 0 Å². The molecule has 0 bridgehead atoms. The van der Waals surface area contributed by atoms with Crippen molar-refractivity contribution in [1.29, 1.82) is 0 Å². The molecule has 0 aromatic carbocycles. The zero-order valence-electron chi connectivity index (χ0n) is 8.95. The monoisotopic (exact) mass is 194 g/mol. The van der Waals surface area contributed by atoms with E-state index in [1.165, 1.54) is 12.8 Å². The summed E-state index contributed by atoms with van der Waals surface area (Å²) < 4.78 is 5.05. The lowest BCUT2D eigenvalue weighted by molar-refractivity contribution is 0.0935. The Bertz CT molecular complexity index is 262. The molecule has 2 heteroatoms. The number of rotatable bonds is 6. The van der Waals surface area contributed by atoms with Gasteiger partial charge in [0.05, 0.1) is 6.26 Å². The molecule has 0 fully saturated rings. The topological polar surface area (TPSA) is 30.2 Å². The molecule has 0 saturated heterocycles. The van der Waals surface area contributed by atoms with E-state index in [1.54, 1.807) is 18.4 Å². The maximum Gasteiger partial charge on any atom is 0.198 e. The van der Waals surface area contributed by atoms with Crippen molar-refractivity contribution >= 4 is 5.78 Å². The second kappa shape index (κ2) is 5.63. The largest absolute Gasteiger partial charge is 0.461 e. The van der Waals surface area contributed by atoms with Gasteiger partial charge in [-0.3, -0.25) is 4.79 Å². The molecule has 0 aliphatic heterocycles. The van der Waals surface area contributed by atoms with Gasteiger partial charge in [-0.05, 0) is 18.1 Å². The van der Waals surface area contributed by atoms with Crippen LogP contribution in [-0.4, -0.2) is 5.78 Å². The average molecular weight is 194 g/mol. The highest BCUT2D eigenvalue weighted by Gasteiger charge is 2.12. The molecule has 78 valence electrons. The maximum atomic E-state index is 11.6. The highest BCUT2D eigenvalue weighted by atomic mass is 16.3. The standard InChI is InChI=1S/C12H18O2/c1-3-4-6-10(2)9-11(13)12-7-5-8-14-12/h5,7-8,10H,3-4,6,9H2,1-2H3. The molecule has 1 rings (SSSR count). The molecule has 0 N–H and O–H groups in total. The van der Waals surface area contributed by atoms with Gasteiger partial charge in [-0.1, -0.05) is 33.1 Å². The van der Waals surface area contributed by atoms with Gasteiger partial charge in [0.1, 0.15) is 0 Å². The highest BCUT2D eigenvalue weighted by molar-refractivity contribution is 5.93. The van der Waals surface area contributed by atoms with E-state index in [-0.39, 0.29) is 5.78 Å². The fourth-order valence-corrected chi connectivity index (χ4v) is 1.51. The van der Waals surface area contributed by atoms with Gasteiger partial charge < -0.3 is 4.42 Å². The van der Waals surface area contributed by atoms with E-state index >= 15 is 0 Å². The van der Waals surface area contributed by atoms with Crippen molar-refractivity contribution < 1.29 is 9.21 Å². The smallest absolute Gasteiger partial charge is 0.198 e. The van der Waals surface area contributed by atoms with Crippen LogP contribution in [0.1, 0.15) is 50.1 Å². The van der Waals surface area contributed by atoms with Gasteiger partial charge in [0.15, 0.2) is 11.5 Å². The first-order valence-corrected chi connectivity index (χ1v) is 5.30. The number of carbonyl (C=O) groups excluding carboxylic acids is 1. The van der Waals surface area contributed by atoms with Gasteiger partial charge >= 0.3 is 0 Å². The molecule has 1 aromatic heterocycles. The Morgan fingerprint density at radius 2 is 2.36 bits per heavy atom.